The van der Waals surface area contributed by atoms with Crippen molar-refractivity contribution in [2.45, 2.75) is 13.5 Å². The third-order valence-corrected chi connectivity index (χ3v) is 2.77. The number of hydrogen-bond acceptors (Lipinski definition) is 6. The first kappa shape index (κ1) is 10.8. The van der Waals surface area contributed by atoms with Crippen LogP contribution < -0.4 is 10.1 Å². The lowest BCUT2D eigenvalue weighted by molar-refractivity contribution is 0.393. The minimum absolute atomic E-state index is 0.631. The van der Waals surface area contributed by atoms with Crippen molar-refractivity contribution in [1.29, 1.82) is 0 Å². The van der Waals surface area contributed by atoms with Gasteiger partial charge in [-0.2, -0.15) is 4.37 Å². The zero-order valence-corrected chi connectivity index (χ0v) is 9.91. The Bertz CT molecular complexity index is 471. The molecule has 2 heterocycles. The van der Waals surface area contributed by atoms with Gasteiger partial charge in [-0.3, -0.25) is 0 Å². The van der Waals surface area contributed by atoms with Crippen LogP contribution >= 0.6 is 11.5 Å². The average molecular weight is 236 g/mol. The van der Waals surface area contributed by atoms with Gasteiger partial charge in [-0.25, -0.2) is 9.97 Å². The van der Waals surface area contributed by atoms with Gasteiger partial charge in [0.1, 0.15) is 5.82 Å². The zero-order chi connectivity index (χ0) is 11.4. The van der Waals surface area contributed by atoms with E-state index in [9.17, 15) is 0 Å². The summed E-state index contributed by atoms with van der Waals surface area (Å²) in [7, 11) is 1.61. The molecule has 0 aliphatic rings. The second-order valence-corrected chi connectivity index (χ2v) is 3.92. The van der Waals surface area contributed by atoms with Crippen LogP contribution in [0.1, 0.15) is 11.4 Å². The van der Waals surface area contributed by atoms with Gasteiger partial charge >= 0.3 is 0 Å². The lowest BCUT2D eigenvalue weighted by Gasteiger charge is -2.06. The monoisotopic (exact) mass is 236 g/mol. The number of ether oxygens (including phenoxy) is 1. The summed E-state index contributed by atoms with van der Waals surface area (Å²) < 4.78 is 9.25. The summed E-state index contributed by atoms with van der Waals surface area (Å²) in [5.41, 5.74) is 0.998. The Morgan fingerprint density at radius 2 is 2.38 bits per heavy atom. The number of hydrogen-bond donors (Lipinski definition) is 1. The van der Waals surface area contributed by atoms with E-state index >= 15 is 0 Å². The van der Waals surface area contributed by atoms with Gasteiger partial charge in [-0.05, 0) is 13.0 Å². The van der Waals surface area contributed by atoms with Crippen molar-refractivity contribution < 1.29 is 4.74 Å². The number of rotatable bonds is 4. The molecule has 0 saturated heterocycles. The topological polar surface area (TPSA) is 59.9 Å². The maximum Gasteiger partial charge on any atom is 0.218 e. The lowest BCUT2D eigenvalue weighted by atomic mass is 10.3. The second-order valence-electron chi connectivity index (χ2n) is 3.17. The van der Waals surface area contributed by atoms with Gasteiger partial charge in [0.05, 0.1) is 7.11 Å². The highest BCUT2D eigenvalue weighted by Gasteiger charge is 2.04. The molecule has 2 aromatic heterocycles. The van der Waals surface area contributed by atoms with Crippen molar-refractivity contribution in [2.75, 3.05) is 12.4 Å². The number of aromatic nitrogens is 3. The molecule has 6 heteroatoms. The minimum Gasteiger partial charge on any atom is -0.481 e. The third kappa shape index (κ3) is 2.46. The van der Waals surface area contributed by atoms with Crippen LogP contribution in [0.5, 0.6) is 5.88 Å². The van der Waals surface area contributed by atoms with Gasteiger partial charge in [0.2, 0.25) is 11.0 Å². The molecule has 0 aliphatic heterocycles. The molecular formula is C10H12N4OS. The van der Waals surface area contributed by atoms with Gasteiger partial charge in [0.25, 0.3) is 0 Å². The summed E-state index contributed by atoms with van der Waals surface area (Å²) in [6, 6.07) is 3.84. The maximum atomic E-state index is 5.16. The van der Waals surface area contributed by atoms with Gasteiger partial charge in [0, 0.05) is 29.8 Å². The number of nitrogens with one attached hydrogen (secondary N) is 1. The molecule has 0 spiro atoms. The highest BCUT2D eigenvalue weighted by Crippen LogP contribution is 2.17. The van der Waals surface area contributed by atoms with Crippen molar-refractivity contribution in [2.24, 2.45) is 0 Å². The molecule has 0 aliphatic carbocycles. The number of pyridine rings is 1. The van der Waals surface area contributed by atoms with Crippen LogP contribution in [0.25, 0.3) is 0 Å². The molecule has 2 rings (SSSR count). The van der Waals surface area contributed by atoms with E-state index in [1.807, 2.05) is 19.1 Å². The summed E-state index contributed by atoms with van der Waals surface area (Å²) in [4.78, 5) is 8.34. The van der Waals surface area contributed by atoms with Crippen LogP contribution in [-0.2, 0) is 6.54 Å². The maximum absolute atomic E-state index is 5.16. The Morgan fingerprint density at radius 3 is 3.06 bits per heavy atom. The lowest BCUT2D eigenvalue weighted by Crippen LogP contribution is -2.02. The minimum atomic E-state index is 0.631. The fourth-order valence-electron chi connectivity index (χ4n) is 1.28. The predicted octanol–water partition coefficient (Wildman–Crippen LogP) is 1.86. The molecule has 0 saturated carbocycles. The SMILES string of the molecule is COc1ncccc1CNc1nc(C)ns1. The van der Waals surface area contributed by atoms with Crippen molar-refractivity contribution >= 4 is 16.7 Å². The molecule has 0 unspecified atom stereocenters. The summed E-state index contributed by atoms with van der Waals surface area (Å²) in [5.74, 6) is 1.42. The zero-order valence-electron chi connectivity index (χ0n) is 9.10. The molecule has 0 amide bonds. The normalized spacial score (nSPS) is 10.1. The smallest absolute Gasteiger partial charge is 0.218 e. The highest BCUT2D eigenvalue weighted by atomic mass is 32.1. The van der Waals surface area contributed by atoms with Crippen molar-refractivity contribution in [3.8, 4) is 5.88 Å². The summed E-state index contributed by atoms with van der Waals surface area (Å²) in [6.45, 7) is 2.50. The van der Waals surface area contributed by atoms with Crippen LogP contribution in [0.3, 0.4) is 0 Å². The largest absolute Gasteiger partial charge is 0.481 e. The Morgan fingerprint density at radius 1 is 1.50 bits per heavy atom. The van der Waals surface area contributed by atoms with Crippen LogP contribution in [-0.4, -0.2) is 21.5 Å². The Hall–Kier alpha value is -1.69. The molecule has 5 nitrogen and oxygen atoms in total. The standard InChI is InChI=1S/C10H12N4OS/c1-7-13-10(16-14-7)12-6-8-4-3-5-11-9(8)15-2/h3-5H,6H2,1-2H3,(H,12,13,14). The molecule has 0 atom stereocenters. The number of nitrogens with zero attached hydrogens (tertiary/aromatic N) is 3. The van der Waals surface area contributed by atoms with Gasteiger partial charge < -0.3 is 10.1 Å². The first-order valence-corrected chi connectivity index (χ1v) is 5.59. The van der Waals surface area contributed by atoms with Crippen molar-refractivity contribution in [3.05, 3.63) is 29.7 Å². The van der Waals surface area contributed by atoms with E-state index < -0.39 is 0 Å². The number of aryl methyl sites for hydroxylation is 1. The van der Waals surface area contributed by atoms with Crippen LogP contribution in [0.2, 0.25) is 0 Å². The van der Waals surface area contributed by atoms with E-state index in [0.717, 1.165) is 16.5 Å². The first-order valence-electron chi connectivity index (χ1n) is 4.81. The molecular weight excluding hydrogens is 224 g/mol. The van der Waals surface area contributed by atoms with E-state index in [4.69, 9.17) is 4.74 Å². The van der Waals surface area contributed by atoms with Crippen LogP contribution in [0.15, 0.2) is 18.3 Å². The Kier molecular flexibility index (Phi) is 3.31. The van der Waals surface area contributed by atoms with E-state index in [1.165, 1.54) is 11.5 Å². The highest BCUT2D eigenvalue weighted by molar-refractivity contribution is 7.09. The third-order valence-electron chi connectivity index (χ3n) is 2.00. The van der Waals surface area contributed by atoms with E-state index in [1.54, 1.807) is 13.3 Å². The van der Waals surface area contributed by atoms with E-state index in [2.05, 4.69) is 19.7 Å². The molecule has 1 N–H and O–H groups in total. The molecule has 2 aromatic rings. The first-order chi connectivity index (χ1) is 7.79. The summed E-state index contributed by atoms with van der Waals surface area (Å²) in [6.07, 6.45) is 1.71. The molecule has 0 aromatic carbocycles. The number of anilines is 1. The summed E-state index contributed by atoms with van der Waals surface area (Å²) >= 11 is 1.35. The Balaban J connectivity index is 2.04. The summed E-state index contributed by atoms with van der Waals surface area (Å²) in [5, 5.41) is 3.99. The van der Waals surface area contributed by atoms with Gasteiger partial charge in [-0.1, -0.05) is 6.07 Å². The van der Waals surface area contributed by atoms with Crippen molar-refractivity contribution in [1.82, 2.24) is 14.3 Å². The molecule has 16 heavy (non-hydrogen) atoms. The van der Waals surface area contributed by atoms with Crippen LogP contribution in [0.4, 0.5) is 5.13 Å². The van der Waals surface area contributed by atoms with Gasteiger partial charge in [-0.15, -0.1) is 0 Å². The van der Waals surface area contributed by atoms with Crippen molar-refractivity contribution in [3.63, 3.8) is 0 Å². The Labute approximate surface area is 97.7 Å². The molecule has 0 radical (unpaired) electrons. The van der Waals surface area contributed by atoms with Crippen LogP contribution in [0, 0.1) is 6.92 Å². The number of methoxy groups -OCH3 is 1. The molecule has 0 fully saturated rings. The van der Waals surface area contributed by atoms with Gasteiger partial charge in [0.15, 0.2) is 0 Å². The molecule has 84 valence electrons. The predicted molar refractivity (Wildman–Crippen MR) is 62.8 cm³/mol. The second kappa shape index (κ2) is 4.89. The van der Waals surface area contributed by atoms with E-state index in [0.29, 0.717) is 12.4 Å². The fourth-order valence-corrected chi connectivity index (χ4v) is 1.85. The van der Waals surface area contributed by atoms with E-state index in [-0.39, 0.29) is 0 Å². The fraction of sp³-hybridized carbons (Fsp3) is 0.300. The quantitative estimate of drug-likeness (QED) is 0.878. The average Bonchev–Trinajstić information content (AvgIpc) is 2.73. The molecule has 0 bridgehead atoms.